The molecular formula is C32H33NO5S2. The maximum atomic E-state index is 11.4. The highest BCUT2D eigenvalue weighted by Gasteiger charge is 2.13. The Labute approximate surface area is 240 Å². The molecule has 0 aliphatic carbocycles. The molecule has 1 amide bonds. The molecular weight excluding hydrogens is 542 g/mol. The second-order valence-corrected chi connectivity index (χ2v) is 12.9. The second-order valence-electron chi connectivity index (χ2n) is 9.76. The van der Waals surface area contributed by atoms with E-state index in [1.54, 1.807) is 18.3 Å². The number of primary amides is 1. The number of sulfone groups is 1. The number of hydrogen-bond acceptors (Lipinski definition) is 6. The Bertz CT molecular complexity index is 1660. The lowest BCUT2D eigenvalue weighted by atomic mass is 9.96. The number of carbonyl (C=O) groups is 1. The summed E-state index contributed by atoms with van der Waals surface area (Å²) in [6, 6.07) is 20.0. The van der Waals surface area contributed by atoms with Gasteiger partial charge in [0.15, 0.2) is 0 Å². The molecule has 3 aromatic carbocycles. The van der Waals surface area contributed by atoms with Crippen LogP contribution >= 0.6 is 11.3 Å². The zero-order valence-corrected chi connectivity index (χ0v) is 24.5. The SMILES string of the molecule is CC#C[C@@H](CC(N)=O)c1ccc(OCc2ccc3scc(-c4ccc(OCCCS(C)(=O)=O)cc4C)c3c2)cc1. The molecule has 0 bridgehead atoms. The largest absolute Gasteiger partial charge is 0.494 e. The summed E-state index contributed by atoms with van der Waals surface area (Å²) in [4.78, 5) is 11.4. The predicted octanol–water partition coefficient (Wildman–Crippen LogP) is 6.25. The lowest BCUT2D eigenvalue weighted by Crippen LogP contribution is -2.14. The van der Waals surface area contributed by atoms with Crippen LogP contribution in [0.4, 0.5) is 0 Å². The third-order valence-electron chi connectivity index (χ3n) is 6.47. The number of amides is 1. The Balaban J connectivity index is 1.44. The Kier molecular flexibility index (Phi) is 9.51. The number of rotatable bonds is 12. The first-order valence-corrected chi connectivity index (χ1v) is 15.9. The van der Waals surface area contributed by atoms with Crippen molar-refractivity contribution in [3.05, 3.63) is 82.7 Å². The molecule has 0 saturated carbocycles. The summed E-state index contributed by atoms with van der Waals surface area (Å²) in [5.74, 6) is 6.90. The molecule has 6 nitrogen and oxygen atoms in total. The third-order valence-corrected chi connectivity index (χ3v) is 8.46. The van der Waals surface area contributed by atoms with Gasteiger partial charge in [0.1, 0.15) is 27.9 Å². The fraction of sp³-hybridized carbons (Fsp3) is 0.281. The van der Waals surface area contributed by atoms with Crippen LogP contribution in [-0.4, -0.2) is 32.9 Å². The predicted molar refractivity (Wildman–Crippen MR) is 163 cm³/mol. The van der Waals surface area contributed by atoms with E-state index in [4.69, 9.17) is 15.2 Å². The summed E-state index contributed by atoms with van der Waals surface area (Å²) in [7, 11) is -2.98. The third kappa shape index (κ3) is 7.87. The number of aryl methyl sites for hydroxylation is 1. The molecule has 4 rings (SSSR count). The minimum Gasteiger partial charge on any atom is -0.494 e. The van der Waals surface area contributed by atoms with Gasteiger partial charge in [-0.2, -0.15) is 0 Å². The van der Waals surface area contributed by atoms with Crippen molar-refractivity contribution in [1.82, 2.24) is 0 Å². The Hall–Kier alpha value is -3.80. The fourth-order valence-electron chi connectivity index (χ4n) is 4.50. The summed E-state index contributed by atoms with van der Waals surface area (Å²) in [6.07, 6.45) is 1.89. The quantitative estimate of drug-likeness (QED) is 0.159. The van der Waals surface area contributed by atoms with E-state index in [-0.39, 0.29) is 24.0 Å². The maximum Gasteiger partial charge on any atom is 0.219 e. The van der Waals surface area contributed by atoms with Gasteiger partial charge in [0.25, 0.3) is 0 Å². The topological polar surface area (TPSA) is 95.7 Å². The van der Waals surface area contributed by atoms with Crippen LogP contribution in [0.3, 0.4) is 0 Å². The van der Waals surface area contributed by atoms with Crippen molar-refractivity contribution >= 4 is 37.2 Å². The van der Waals surface area contributed by atoms with Gasteiger partial charge >= 0.3 is 0 Å². The van der Waals surface area contributed by atoms with Gasteiger partial charge in [0.2, 0.25) is 5.91 Å². The smallest absolute Gasteiger partial charge is 0.219 e. The van der Waals surface area contributed by atoms with E-state index in [0.29, 0.717) is 19.6 Å². The van der Waals surface area contributed by atoms with E-state index in [1.165, 1.54) is 16.3 Å². The number of carbonyl (C=O) groups excluding carboxylic acids is 1. The lowest BCUT2D eigenvalue weighted by molar-refractivity contribution is -0.118. The highest BCUT2D eigenvalue weighted by atomic mass is 32.2. The summed E-state index contributed by atoms with van der Waals surface area (Å²) in [5.41, 5.74) is 10.7. The monoisotopic (exact) mass is 575 g/mol. The molecule has 0 fully saturated rings. The van der Waals surface area contributed by atoms with Crippen molar-refractivity contribution in [2.75, 3.05) is 18.6 Å². The van der Waals surface area contributed by atoms with Crippen molar-refractivity contribution in [2.24, 2.45) is 5.73 Å². The van der Waals surface area contributed by atoms with Crippen LogP contribution in [0, 0.1) is 18.8 Å². The van der Waals surface area contributed by atoms with Gasteiger partial charge in [-0.1, -0.05) is 30.2 Å². The van der Waals surface area contributed by atoms with Crippen LogP contribution in [0.25, 0.3) is 21.2 Å². The minimum atomic E-state index is -2.98. The molecule has 0 spiro atoms. The first-order chi connectivity index (χ1) is 19.1. The van der Waals surface area contributed by atoms with E-state index >= 15 is 0 Å². The normalized spacial score (nSPS) is 12.0. The molecule has 40 heavy (non-hydrogen) atoms. The highest BCUT2D eigenvalue weighted by Crippen LogP contribution is 2.37. The molecule has 1 atom stereocenters. The summed E-state index contributed by atoms with van der Waals surface area (Å²) in [5, 5.41) is 3.34. The molecule has 0 radical (unpaired) electrons. The van der Waals surface area contributed by atoms with E-state index in [9.17, 15) is 13.2 Å². The molecule has 0 unspecified atom stereocenters. The lowest BCUT2D eigenvalue weighted by Gasteiger charge is -2.12. The molecule has 4 aromatic rings. The number of thiophene rings is 1. The fourth-order valence-corrected chi connectivity index (χ4v) is 6.09. The molecule has 1 heterocycles. The van der Waals surface area contributed by atoms with E-state index in [0.717, 1.165) is 39.3 Å². The molecule has 1 aromatic heterocycles. The number of hydrogen-bond donors (Lipinski definition) is 1. The van der Waals surface area contributed by atoms with E-state index in [2.05, 4.69) is 48.4 Å². The van der Waals surface area contributed by atoms with Crippen molar-refractivity contribution in [3.63, 3.8) is 0 Å². The van der Waals surface area contributed by atoms with Gasteiger partial charge in [0, 0.05) is 28.3 Å². The van der Waals surface area contributed by atoms with Crippen LogP contribution in [0.5, 0.6) is 11.5 Å². The van der Waals surface area contributed by atoms with Crippen LogP contribution < -0.4 is 15.2 Å². The minimum absolute atomic E-state index is 0.119. The first-order valence-electron chi connectivity index (χ1n) is 13.0. The van der Waals surface area contributed by atoms with Gasteiger partial charge in [-0.25, -0.2) is 8.42 Å². The van der Waals surface area contributed by atoms with E-state index < -0.39 is 9.84 Å². The van der Waals surface area contributed by atoms with E-state index in [1.807, 2.05) is 36.4 Å². The van der Waals surface area contributed by atoms with Crippen molar-refractivity contribution in [1.29, 1.82) is 0 Å². The Morgan fingerprint density at radius 1 is 1.00 bits per heavy atom. The van der Waals surface area contributed by atoms with Crippen LogP contribution in [-0.2, 0) is 21.2 Å². The second kappa shape index (κ2) is 13.0. The van der Waals surface area contributed by atoms with Gasteiger partial charge in [-0.15, -0.1) is 17.3 Å². The van der Waals surface area contributed by atoms with Gasteiger partial charge in [0.05, 0.1) is 18.3 Å². The van der Waals surface area contributed by atoms with Crippen LogP contribution in [0.1, 0.15) is 42.4 Å². The van der Waals surface area contributed by atoms with Gasteiger partial charge in [-0.3, -0.25) is 4.79 Å². The zero-order chi connectivity index (χ0) is 28.7. The molecule has 0 aliphatic rings. The maximum absolute atomic E-state index is 11.4. The molecule has 8 heteroatoms. The first kappa shape index (κ1) is 29.2. The number of ether oxygens (including phenoxy) is 2. The Morgan fingerprint density at radius 3 is 2.42 bits per heavy atom. The van der Waals surface area contributed by atoms with Crippen molar-refractivity contribution < 1.29 is 22.7 Å². The van der Waals surface area contributed by atoms with Gasteiger partial charge < -0.3 is 15.2 Å². The van der Waals surface area contributed by atoms with Crippen molar-refractivity contribution in [3.8, 4) is 34.5 Å². The summed E-state index contributed by atoms with van der Waals surface area (Å²) >= 11 is 1.70. The number of benzene rings is 3. The van der Waals surface area contributed by atoms with Crippen molar-refractivity contribution in [2.45, 2.75) is 39.2 Å². The average Bonchev–Trinajstić information content (AvgIpc) is 3.32. The average molecular weight is 576 g/mol. The molecule has 0 saturated heterocycles. The zero-order valence-electron chi connectivity index (χ0n) is 22.9. The Morgan fingerprint density at radius 2 is 1.75 bits per heavy atom. The van der Waals surface area contributed by atoms with Crippen LogP contribution in [0.15, 0.2) is 66.0 Å². The standard InChI is InChI=1S/C32H33NO5S2/c1-4-6-25(19-32(33)34)24-8-10-26(11-9-24)38-20-23-7-14-31-29(18-23)30(21-39-31)28-13-12-27(17-22(28)2)37-15-5-16-40(3,35)36/h7-14,17-18,21,25H,5,15-16,19-20H2,1-3H3,(H2,33,34)/t25-/m0/s1. The van der Waals surface area contributed by atoms with Gasteiger partial charge in [-0.05, 0) is 84.3 Å². The number of fused-ring (bicyclic) bond motifs is 1. The van der Waals surface area contributed by atoms with Crippen LogP contribution in [0.2, 0.25) is 0 Å². The molecule has 208 valence electrons. The molecule has 0 aliphatic heterocycles. The summed E-state index contributed by atoms with van der Waals surface area (Å²) in [6.45, 7) is 4.58. The summed E-state index contributed by atoms with van der Waals surface area (Å²) < 4.78 is 35.7. The highest BCUT2D eigenvalue weighted by molar-refractivity contribution is 7.90. The molecule has 2 N–H and O–H groups in total. The number of nitrogens with two attached hydrogens (primary N) is 1.